The lowest BCUT2D eigenvalue weighted by Gasteiger charge is -2.35. The number of hydrogen-bond donors (Lipinski definition) is 0. The summed E-state index contributed by atoms with van der Waals surface area (Å²) in [6.07, 6.45) is 7.93. The molecule has 2 aliphatic heterocycles. The molecule has 0 aliphatic carbocycles. The molecule has 2 aromatic rings. The molecule has 4 rings (SSSR count). The first-order valence-corrected chi connectivity index (χ1v) is 10.1. The van der Waals surface area contributed by atoms with Crippen molar-refractivity contribution in [3.8, 4) is 11.6 Å². The van der Waals surface area contributed by atoms with Crippen LogP contribution in [0, 0.1) is 6.92 Å². The van der Waals surface area contributed by atoms with Crippen LogP contribution in [-0.2, 0) is 13.6 Å². The summed E-state index contributed by atoms with van der Waals surface area (Å²) in [5.41, 5.74) is 2.18. The predicted octanol–water partition coefficient (Wildman–Crippen LogP) is 3.22. The highest BCUT2D eigenvalue weighted by molar-refractivity contribution is 5.48. The van der Waals surface area contributed by atoms with Crippen LogP contribution in [-0.4, -0.2) is 56.8 Å². The first-order chi connectivity index (χ1) is 12.7. The summed E-state index contributed by atoms with van der Waals surface area (Å²) in [5, 5.41) is 8.61. The molecule has 6 heteroatoms. The largest absolute Gasteiger partial charge is 0.418 e. The van der Waals surface area contributed by atoms with Gasteiger partial charge in [0.15, 0.2) is 0 Å². The molecular formula is C20H31N5O. The van der Waals surface area contributed by atoms with Crippen LogP contribution in [0.4, 0.5) is 0 Å². The molecule has 2 aliphatic rings. The maximum atomic E-state index is 6.00. The van der Waals surface area contributed by atoms with E-state index in [4.69, 9.17) is 4.42 Å². The monoisotopic (exact) mass is 357 g/mol. The average Bonchev–Trinajstić information content (AvgIpc) is 3.38. The Hall–Kier alpha value is -1.66. The van der Waals surface area contributed by atoms with Gasteiger partial charge in [-0.25, -0.2) is 0 Å². The van der Waals surface area contributed by atoms with Gasteiger partial charge in [0.25, 0.3) is 5.89 Å². The van der Waals surface area contributed by atoms with Gasteiger partial charge >= 0.3 is 0 Å². The van der Waals surface area contributed by atoms with Gasteiger partial charge in [-0.2, -0.15) is 0 Å². The Morgan fingerprint density at radius 2 is 1.88 bits per heavy atom. The molecular weight excluding hydrogens is 326 g/mol. The highest BCUT2D eigenvalue weighted by atomic mass is 16.4. The second-order valence-corrected chi connectivity index (χ2v) is 7.88. The fraction of sp³-hybridized carbons (Fsp3) is 0.700. The molecule has 0 aromatic carbocycles. The highest BCUT2D eigenvalue weighted by Gasteiger charge is 2.25. The number of piperidine rings is 1. The van der Waals surface area contributed by atoms with E-state index in [9.17, 15) is 0 Å². The molecule has 142 valence electrons. The van der Waals surface area contributed by atoms with Gasteiger partial charge in [0.2, 0.25) is 5.89 Å². The van der Waals surface area contributed by atoms with Crippen LogP contribution in [0.25, 0.3) is 11.6 Å². The van der Waals surface area contributed by atoms with Crippen molar-refractivity contribution >= 4 is 0 Å². The molecule has 0 N–H and O–H groups in total. The van der Waals surface area contributed by atoms with Crippen molar-refractivity contribution in [3.05, 3.63) is 23.7 Å². The molecule has 0 bridgehead atoms. The molecule has 2 fully saturated rings. The fourth-order valence-electron chi connectivity index (χ4n) is 4.36. The van der Waals surface area contributed by atoms with Crippen LogP contribution in [0.1, 0.15) is 50.1 Å². The maximum Gasteiger partial charge on any atom is 0.264 e. The lowest BCUT2D eigenvalue weighted by molar-refractivity contribution is 0.111. The predicted molar refractivity (Wildman–Crippen MR) is 102 cm³/mol. The lowest BCUT2D eigenvalue weighted by atomic mass is 9.99. The van der Waals surface area contributed by atoms with E-state index in [1.54, 1.807) is 0 Å². The Bertz CT molecular complexity index is 716. The molecule has 0 radical (unpaired) electrons. The normalized spacial score (nSPS) is 22.3. The van der Waals surface area contributed by atoms with Crippen molar-refractivity contribution in [1.29, 1.82) is 0 Å². The smallest absolute Gasteiger partial charge is 0.264 e. The Morgan fingerprint density at radius 1 is 1.08 bits per heavy atom. The van der Waals surface area contributed by atoms with Gasteiger partial charge in [0, 0.05) is 18.8 Å². The van der Waals surface area contributed by atoms with E-state index < -0.39 is 0 Å². The number of aryl methyl sites for hydroxylation is 1. The van der Waals surface area contributed by atoms with Crippen LogP contribution >= 0.6 is 0 Å². The van der Waals surface area contributed by atoms with Crippen LogP contribution in [0.2, 0.25) is 0 Å². The molecule has 2 aromatic heterocycles. The van der Waals surface area contributed by atoms with E-state index in [1.807, 2.05) is 13.1 Å². The fourth-order valence-corrected chi connectivity index (χ4v) is 4.36. The second-order valence-electron chi connectivity index (χ2n) is 7.88. The maximum absolute atomic E-state index is 6.00. The van der Waals surface area contributed by atoms with E-state index in [0.717, 1.165) is 24.7 Å². The summed E-state index contributed by atoms with van der Waals surface area (Å²) < 4.78 is 8.09. The van der Waals surface area contributed by atoms with Crippen LogP contribution in [0.3, 0.4) is 0 Å². The second kappa shape index (κ2) is 7.92. The Morgan fingerprint density at radius 3 is 2.65 bits per heavy atom. The Balaban J connectivity index is 1.39. The Labute approximate surface area is 156 Å². The third kappa shape index (κ3) is 3.86. The Kier molecular flexibility index (Phi) is 5.41. The summed E-state index contributed by atoms with van der Waals surface area (Å²) in [5.74, 6) is 1.37. The number of rotatable bonds is 6. The molecule has 0 unspecified atom stereocenters. The summed E-state index contributed by atoms with van der Waals surface area (Å²) in [4.78, 5) is 5.18. The number of likely N-dealkylation sites (tertiary alicyclic amines) is 2. The lowest BCUT2D eigenvalue weighted by Crippen LogP contribution is -2.41. The van der Waals surface area contributed by atoms with Gasteiger partial charge in [-0.15, -0.1) is 10.2 Å². The third-order valence-electron chi connectivity index (χ3n) is 6.12. The molecule has 0 amide bonds. The molecule has 1 atom stereocenters. The molecule has 4 heterocycles. The minimum atomic E-state index is 0.626. The minimum absolute atomic E-state index is 0.626. The molecule has 0 spiro atoms. The molecule has 0 saturated carbocycles. The molecule has 2 saturated heterocycles. The molecule has 6 nitrogen and oxygen atoms in total. The first kappa shape index (κ1) is 17.7. The topological polar surface area (TPSA) is 50.3 Å². The van der Waals surface area contributed by atoms with Crippen molar-refractivity contribution in [2.45, 2.75) is 58.0 Å². The quantitative estimate of drug-likeness (QED) is 0.794. The molecule has 26 heavy (non-hydrogen) atoms. The van der Waals surface area contributed by atoms with Gasteiger partial charge in [0.05, 0.1) is 6.54 Å². The van der Waals surface area contributed by atoms with Crippen LogP contribution < -0.4 is 0 Å². The van der Waals surface area contributed by atoms with E-state index >= 15 is 0 Å². The highest BCUT2D eigenvalue weighted by Crippen LogP contribution is 2.25. The van der Waals surface area contributed by atoms with E-state index in [0.29, 0.717) is 11.9 Å². The van der Waals surface area contributed by atoms with Gasteiger partial charge in [0.1, 0.15) is 5.69 Å². The summed E-state index contributed by atoms with van der Waals surface area (Å²) >= 11 is 0. The number of aromatic nitrogens is 3. The zero-order chi connectivity index (χ0) is 17.9. The van der Waals surface area contributed by atoms with Crippen molar-refractivity contribution < 1.29 is 4.42 Å². The van der Waals surface area contributed by atoms with Crippen molar-refractivity contribution in [1.82, 2.24) is 24.6 Å². The average molecular weight is 358 g/mol. The van der Waals surface area contributed by atoms with Gasteiger partial charge in [-0.1, -0.05) is 6.42 Å². The summed E-state index contributed by atoms with van der Waals surface area (Å²) in [7, 11) is 2.04. The van der Waals surface area contributed by atoms with Crippen LogP contribution in [0.5, 0.6) is 0 Å². The number of nitrogens with zero attached hydrogens (tertiary/aromatic N) is 5. The van der Waals surface area contributed by atoms with E-state index in [-0.39, 0.29) is 0 Å². The first-order valence-electron chi connectivity index (χ1n) is 10.1. The summed E-state index contributed by atoms with van der Waals surface area (Å²) in [6.45, 7) is 7.82. The SMILES string of the molecule is Cc1ccc(-c2nnc(CN3CCCC[C@@H]3CCN3CCCC3)o2)n1C. The van der Waals surface area contributed by atoms with Gasteiger partial charge in [-0.05, 0) is 77.3 Å². The van der Waals surface area contributed by atoms with Gasteiger partial charge < -0.3 is 13.9 Å². The van der Waals surface area contributed by atoms with Crippen LogP contribution in [0.15, 0.2) is 16.5 Å². The zero-order valence-corrected chi connectivity index (χ0v) is 16.2. The zero-order valence-electron chi connectivity index (χ0n) is 16.2. The van der Waals surface area contributed by atoms with Gasteiger partial charge in [-0.3, -0.25) is 4.90 Å². The van der Waals surface area contributed by atoms with E-state index in [1.165, 1.54) is 63.9 Å². The van der Waals surface area contributed by atoms with Crippen molar-refractivity contribution in [2.75, 3.05) is 26.2 Å². The standard InChI is InChI=1S/C20H31N5O/c1-16-8-9-18(23(16)2)20-22-21-19(26-20)15-25-13-4-3-7-17(25)10-14-24-11-5-6-12-24/h8-9,17H,3-7,10-15H2,1-2H3/t17-/m1/s1. The summed E-state index contributed by atoms with van der Waals surface area (Å²) in [6, 6.07) is 4.78. The van der Waals surface area contributed by atoms with Crippen molar-refractivity contribution in [2.24, 2.45) is 7.05 Å². The number of hydrogen-bond acceptors (Lipinski definition) is 5. The minimum Gasteiger partial charge on any atom is -0.418 e. The third-order valence-corrected chi connectivity index (χ3v) is 6.12. The van der Waals surface area contributed by atoms with Crippen molar-refractivity contribution in [3.63, 3.8) is 0 Å². The van der Waals surface area contributed by atoms with E-state index in [2.05, 4.69) is 37.6 Å².